The second kappa shape index (κ2) is 6.08. The first kappa shape index (κ1) is 13.9. The number of anilines is 2. The van der Waals surface area contributed by atoms with E-state index in [2.05, 4.69) is 15.3 Å². The van der Waals surface area contributed by atoms with E-state index in [1.165, 1.54) is 0 Å². The molecule has 2 rings (SSSR count). The van der Waals surface area contributed by atoms with Crippen molar-refractivity contribution in [1.29, 1.82) is 0 Å². The van der Waals surface area contributed by atoms with E-state index in [1.807, 2.05) is 25.1 Å². The van der Waals surface area contributed by atoms with Crippen LogP contribution in [0.4, 0.5) is 10.8 Å². The summed E-state index contributed by atoms with van der Waals surface area (Å²) in [6.45, 7) is 0.634. The van der Waals surface area contributed by atoms with Gasteiger partial charge in [0, 0.05) is 26.0 Å². The van der Waals surface area contributed by atoms with Gasteiger partial charge in [0.2, 0.25) is 5.88 Å². The van der Waals surface area contributed by atoms with E-state index in [1.54, 1.807) is 30.7 Å². The number of hydrogen-bond donors (Lipinski definition) is 1. The molecule has 2 heterocycles. The second-order valence-corrected chi connectivity index (χ2v) is 5.49. The lowest BCUT2D eigenvalue weighted by Gasteiger charge is -2.06. The number of thiazole rings is 1. The van der Waals surface area contributed by atoms with Crippen LogP contribution >= 0.6 is 22.9 Å². The van der Waals surface area contributed by atoms with Gasteiger partial charge in [0.15, 0.2) is 5.13 Å². The molecule has 7 heteroatoms. The van der Waals surface area contributed by atoms with Crippen molar-refractivity contribution in [2.24, 2.45) is 0 Å². The molecule has 0 aliphatic rings. The summed E-state index contributed by atoms with van der Waals surface area (Å²) in [5.41, 5.74) is 0.918. The first-order chi connectivity index (χ1) is 9.10. The molecule has 0 atom stereocenters. The number of methoxy groups -OCH3 is 1. The number of ether oxygens (including phenoxy) is 1. The number of nitrogens with one attached hydrogen (secondary N) is 1. The average molecular weight is 299 g/mol. The topological polar surface area (TPSA) is 50.3 Å². The first-order valence-electron chi connectivity index (χ1n) is 5.66. The van der Waals surface area contributed by atoms with Crippen LogP contribution in [0.1, 0.15) is 4.88 Å². The van der Waals surface area contributed by atoms with Gasteiger partial charge in [-0.15, -0.1) is 0 Å². The number of nitrogens with zero attached hydrogens (tertiary/aromatic N) is 3. The van der Waals surface area contributed by atoms with Crippen LogP contribution in [0.3, 0.4) is 0 Å². The summed E-state index contributed by atoms with van der Waals surface area (Å²) in [4.78, 5) is 11.3. The summed E-state index contributed by atoms with van der Waals surface area (Å²) in [6.07, 6.45) is 1.67. The Kier molecular flexibility index (Phi) is 4.44. The van der Waals surface area contributed by atoms with Crippen LogP contribution in [0.15, 0.2) is 18.3 Å². The van der Waals surface area contributed by atoms with Gasteiger partial charge in [-0.25, -0.2) is 4.98 Å². The van der Waals surface area contributed by atoms with Crippen molar-refractivity contribution in [3.63, 3.8) is 0 Å². The van der Waals surface area contributed by atoms with Gasteiger partial charge in [-0.05, 0) is 12.1 Å². The molecular formula is C12H15ClN4OS. The number of aromatic nitrogens is 2. The van der Waals surface area contributed by atoms with Crippen molar-refractivity contribution < 1.29 is 4.74 Å². The van der Waals surface area contributed by atoms with Crippen LogP contribution in [0, 0.1) is 0 Å². The SMILES string of the molecule is COc1nc(N(C)C)sc1CNc1ccnc(Cl)c1. The maximum absolute atomic E-state index is 5.84. The Labute approximate surface area is 121 Å². The monoisotopic (exact) mass is 298 g/mol. The lowest BCUT2D eigenvalue weighted by atomic mass is 10.4. The lowest BCUT2D eigenvalue weighted by Crippen LogP contribution is -2.07. The molecule has 0 aliphatic heterocycles. The second-order valence-electron chi connectivity index (χ2n) is 4.04. The number of rotatable bonds is 5. The highest BCUT2D eigenvalue weighted by atomic mass is 35.5. The normalized spacial score (nSPS) is 10.3. The maximum atomic E-state index is 5.84. The zero-order valence-electron chi connectivity index (χ0n) is 11.0. The molecule has 102 valence electrons. The number of hydrogen-bond acceptors (Lipinski definition) is 6. The fraction of sp³-hybridized carbons (Fsp3) is 0.333. The lowest BCUT2D eigenvalue weighted by molar-refractivity contribution is 0.397. The molecule has 0 aromatic carbocycles. The summed E-state index contributed by atoms with van der Waals surface area (Å²) in [5.74, 6) is 0.654. The van der Waals surface area contributed by atoms with Crippen LogP contribution in [-0.2, 0) is 6.54 Å². The minimum Gasteiger partial charge on any atom is -0.480 e. The van der Waals surface area contributed by atoms with E-state index in [0.29, 0.717) is 17.6 Å². The highest BCUT2D eigenvalue weighted by Gasteiger charge is 2.12. The quantitative estimate of drug-likeness (QED) is 0.860. The van der Waals surface area contributed by atoms with Crippen molar-refractivity contribution in [2.75, 3.05) is 31.4 Å². The Morgan fingerprint density at radius 1 is 1.47 bits per heavy atom. The standard InChI is InChI=1S/C12H15ClN4OS/c1-17(2)12-16-11(18-3)9(19-12)7-15-8-4-5-14-10(13)6-8/h4-6H,7H2,1-3H3,(H,14,15). The molecule has 2 aromatic heterocycles. The molecule has 0 spiro atoms. The predicted octanol–water partition coefficient (Wildman–Crippen LogP) is 2.88. The molecule has 0 aliphatic carbocycles. The molecule has 0 amide bonds. The summed E-state index contributed by atoms with van der Waals surface area (Å²) >= 11 is 7.43. The summed E-state index contributed by atoms with van der Waals surface area (Å²) < 4.78 is 5.28. The molecule has 0 unspecified atom stereocenters. The fourth-order valence-corrected chi connectivity index (χ4v) is 2.55. The van der Waals surface area contributed by atoms with E-state index in [0.717, 1.165) is 15.7 Å². The van der Waals surface area contributed by atoms with E-state index in [4.69, 9.17) is 16.3 Å². The molecule has 1 N–H and O–H groups in total. The molecule has 0 saturated heterocycles. The molecule has 0 bridgehead atoms. The Balaban J connectivity index is 2.10. The van der Waals surface area contributed by atoms with E-state index in [9.17, 15) is 0 Å². The van der Waals surface area contributed by atoms with Crippen molar-refractivity contribution in [1.82, 2.24) is 9.97 Å². The Morgan fingerprint density at radius 3 is 2.89 bits per heavy atom. The minimum atomic E-state index is 0.468. The average Bonchev–Trinajstić information content (AvgIpc) is 2.80. The van der Waals surface area contributed by atoms with Gasteiger partial charge in [-0.3, -0.25) is 0 Å². The molecule has 0 radical (unpaired) electrons. The fourth-order valence-electron chi connectivity index (χ4n) is 1.48. The van der Waals surface area contributed by atoms with Crippen molar-refractivity contribution in [3.05, 3.63) is 28.4 Å². The maximum Gasteiger partial charge on any atom is 0.231 e. The van der Waals surface area contributed by atoms with Gasteiger partial charge in [0.05, 0.1) is 18.5 Å². The van der Waals surface area contributed by atoms with Crippen molar-refractivity contribution in [2.45, 2.75) is 6.54 Å². The third-order valence-electron chi connectivity index (χ3n) is 2.41. The van der Waals surface area contributed by atoms with Crippen LogP contribution in [0.2, 0.25) is 5.15 Å². The molecular weight excluding hydrogens is 284 g/mol. The van der Waals surface area contributed by atoms with Gasteiger partial charge in [0.25, 0.3) is 0 Å². The Bertz CT molecular complexity index is 558. The van der Waals surface area contributed by atoms with Crippen LogP contribution < -0.4 is 15.0 Å². The number of pyridine rings is 1. The highest BCUT2D eigenvalue weighted by Crippen LogP contribution is 2.31. The molecule has 5 nitrogen and oxygen atoms in total. The smallest absolute Gasteiger partial charge is 0.231 e. The van der Waals surface area contributed by atoms with Gasteiger partial charge in [0.1, 0.15) is 5.15 Å². The van der Waals surface area contributed by atoms with Crippen LogP contribution in [0.25, 0.3) is 0 Å². The third-order valence-corrected chi connectivity index (χ3v) is 3.82. The molecule has 0 saturated carbocycles. The third kappa shape index (κ3) is 3.48. The van der Waals surface area contributed by atoms with Crippen LogP contribution in [-0.4, -0.2) is 31.2 Å². The summed E-state index contributed by atoms with van der Waals surface area (Å²) in [7, 11) is 5.54. The van der Waals surface area contributed by atoms with E-state index < -0.39 is 0 Å². The van der Waals surface area contributed by atoms with Crippen molar-refractivity contribution >= 4 is 33.8 Å². The van der Waals surface area contributed by atoms with E-state index >= 15 is 0 Å². The van der Waals surface area contributed by atoms with Gasteiger partial charge in [-0.2, -0.15) is 4.98 Å². The molecule has 2 aromatic rings. The first-order valence-corrected chi connectivity index (χ1v) is 6.86. The molecule has 19 heavy (non-hydrogen) atoms. The Morgan fingerprint density at radius 2 is 2.26 bits per heavy atom. The molecule has 0 fully saturated rings. The highest BCUT2D eigenvalue weighted by molar-refractivity contribution is 7.15. The predicted molar refractivity (Wildman–Crippen MR) is 79.6 cm³/mol. The van der Waals surface area contributed by atoms with E-state index in [-0.39, 0.29) is 0 Å². The van der Waals surface area contributed by atoms with Crippen LogP contribution in [0.5, 0.6) is 5.88 Å². The summed E-state index contributed by atoms with van der Waals surface area (Å²) in [6, 6.07) is 3.65. The zero-order valence-corrected chi connectivity index (χ0v) is 12.5. The Hall–Kier alpha value is -1.53. The van der Waals surface area contributed by atoms with Crippen molar-refractivity contribution in [3.8, 4) is 5.88 Å². The zero-order chi connectivity index (χ0) is 13.8. The number of halogens is 1. The largest absolute Gasteiger partial charge is 0.480 e. The minimum absolute atomic E-state index is 0.468. The van der Waals surface area contributed by atoms with Gasteiger partial charge in [-0.1, -0.05) is 22.9 Å². The van der Waals surface area contributed by atoms with Gasteiger partial charge < -0.3 is 15.0 Å². The van der Waals surface area contributed by atoms with Gasteiger partial charge >= 0.3 is 0 Å². The summed E-state index contributed by atoms with van der Waals surface area (Å²) in [5, 5.41) is 4.66.